The molecule has 2 aromatic heterocycles. The molecule has 25 heavy (non-hydrogen) atoms. The molecular formula is C17H27N5O2S. The Hall–Kier alpha value is -1.51. The van der Waals surface area contributed by atoms with Crippen molar-refractivity contribution in [3.8, 4) is 0 Å². The van der Waals surface area contributed by atoms with Crippen LogP contribution in [0.4, 0.5) is 0 Å². The zero-order valence-corrected chi connectivity index (χ0v) is 16.3. The van der Waals surface area contributed by atoms with Crippen molar-refractivity contribution in [2.24, 2.45) is 22.9 Å². The second-order valence-electron chi connectivity index (χ2n) is 7.42. The molecule has 0 bridgehead atoms. The number of hydrogen-bond acceptors (Lipinski definition) is 4. The van der Waals surface area contributed by atoms with Gasteiger partial charge < -0.3 is 4.57 Å². The van der Waals surface area contributed by atoms with Crippen molar-refractivity contribution in [2.45, 2.75) is 47.1 Å². The predicted octanol–water partition coefficient (Wildman–Crippen LogP) is 1.98. The van der Waals surface area contributed by atoms with E-state index in [0.717, 1.165) is 29.0 Å². The van der Waals surface area contributed by atoms with Gasteiger partial charge >= 0.3 is 0 Å². The van der Waals surface area contributed by atoms with E-state index < -0.39 is 10.2 Å². The molecule has 4 atom stereocenters. The summed E-state index contributed by atoms with van der Waals surface area (Å²) in [6.07, 6.45) is 0.900. The Bertz CT molecular complexity index is 905. The van der Waals surface area contributed by atoms with E-state index in [0.29, 0.717) is 18.4 Å². The first-order valence-electron chi connectivity index (χ1n) is 8.68. The Morgan fingerprint density at radius 2 is 1.92 bits per heavy atom. The Morgan fingerprint density at radius 1 is 1.24 bits per heavy atom. The maximum Gasteiger partial charge on any atom is 0.274 e. The highest BCUT2D eigenvalue weighted by atomic mass is 32.2. The number of aryl methyl sites for hydroxylation is 3. The fraction of sp³-hybridized carbons (Fsp3) is 0.647. The van der Waals surface area contributed by atoms with Crippen molar-refractivity contribution in [3.63, 3.8) is 0 Å². The van der Waals surface area contributed by atoms with Gasteiger partial charge in [0.05, 0.1) is 5.69 Å². The van der Waals surface area contributed by atoms with Crippen LogP contribution in [-0.2, 0) is 10.2 Å². The Balaban J connectivity index is 1.97. The van der Waals surface area contributed by atoms with E-state index in [9.17, 15) is 8.42 Å². The smallest absolute Gasteiger partial charge is 0.274 e. The third kappa shape index (κ3) is 3.43. The highest BCUT2D eigenvalue weighted by Crippen LogP contribution is 2.45. The highest BCUT2D eigenvalue weighted by Gasteiger charge is 2.40. The standard InChI is InChI=1S/C17H27N5O2S/c1-9-6-15-12(4)20-13(5)21-17(15)22(9)16-7-14(10(2)11(16)3)8-19-25(18,23)24/h6,10-11,14,16,19H,7-8H2,1-5H3,(H2,18,23,24)/t10?,11?,14-,16+/m0/s1. The molecule has 0 amide bonds. The molecule has 2 aromatic rings. The Kier molecular flexibility index (Phi) is 4.63. The van der Waals surface area contributed by atoms with Crippen molar-refractivity contribution in [2.75, 3.05) is 6.54 Å². The van der Waals surface area contributed by atoms with E-state index in [4.69, 9.17) is 10.1 Å². The van der Waals surface area contributed by atoms with Crippen LogP contribution in [0.15, 0.2) is 6.07 Å². The van der Waals surface area contributed by atoms with Crippen LogP contribution in [-0.4, -0.2) is 29.5 Å². The molecule has 2 unspecified atom stereocenters. The summed E-state index contributed by atoms with van der Waals surface area (Å²) in [7, 11) is -3.66. The van der Waals surface area contributed by atoms with Gasteiger partial charge in [-0.1, -0.05) is 13.8 Å². The van der Waals surface area contributed by atoms with Gasteiger partial charge in [-0.15, -0.1) is 0 Å². The average molecular weight is 366 g/mol. The molecule has 1 saturated carbocycles. The first-order chi connectivity index (χ1) is 11.6. The molecule has 0 saturated heterocycles. The van der Waals surface area contributed by atoms with E-state index in [1.54, 1.807) is 0 Å². The molecule has 2 heterocycles. The minimum atomic E-state index is -3.66. The second kappa shape index (κ2) is 6.34. The van der Waals surface area contributed by atoms with Crippen LogP contribution in [0.25, 0.3) is 11.0 Å². The SMILES string of the molecule is Cc1nc(C)c2cc(C)n([C@@H]3C[C@@H](CNS(N)(=O)=O)C(C)C3C)c2n1. The fourth-order valence-electron chi connectivity index (χ4n) is 4.27. The van der Waals surface area contributed by atoms with Crippen LogP contribution in [0.5, 0.6) is 0 Å². The van der Waals surface area contributed by atoms with Crippen LogP contribution < -0.4 is 9.86 Å². The zero-order valence-electron chi connectivity index (χ0n) is 15.4. The Labute approximate surface area is 149 Å². The summed E-state index contributed by atoms with van der Waals surface area (Å²) in [5.74, 6) is 1.83. The van der Waals surface area contributed by atoms with Gasteiger partial charge in [-0.25, -0.2) is 19.8 Å². The molecule has 7 nitrogen and oxygen atoms in total. The lowest BCUT2D eigenvalue weighted by Gasteiger charge is -2.22. The van der Waals surface area contributed by atoms with Gasteiger partial charge in [0.25, 0.3) is 10.2 Å². The first-order valence-corrected chi connectivity index (χ1v) is 10.2. The number of nitrogens with zero attached hydrogens (tertiary/aromatic N) is 3. The molecule has 138 valence electrons. The third-order valence-electron chi connectivity index (χ3n) is 5.79. The molecule has 0 radical (unpaired) electrons. The zero-order chi connectivity index (χ0) is 18.5. The number of nitrogens with two attached hydrogens (primary N) is 1. The van der Waals surface area contributed by atoms with Gasteiger partial charge in [0.15, 0.2) is 0 Å². The highest BCUT2D eigenvalue weighted by molar-refractivity contribution is 7.87. The van der Waals surface area contributed by atoms with E-state index >= 15 is 0 Å². The molecule has 0 spiro atoms. The quantitative estimate of drug-likeness (QED) is 0.864. The monoisotopic (exact) mass is 365 g/mol. The number of hydrogen-bond donors (Lipinski definition) is 2. The summed E-state index contributed by atoms with van der Waals surface area (Å²) in [6, 6.07) is 2.44. The van der Waals surface area contributed by atoms with Crippen LogP contribution in [0.3, 0.4) is 0 Å². The molecular weight excluding hydrogens is 338 g/mol. The average Bonchev–Trinajstić information content (AvgIpc) is 2.95. The summed E-state index contributed by atoms with van der Waals surface area (Å²) in [4.78, 5) is 9.17. The molecule has 8 heteroatoms. The molecule has 0 aliphatic heterocycles. The summed E-state index contributed by atoms with van der Waals surface area (Å²) >= 11 is 0. The molecule has 1 aliphatic rings. The van der Waals surface area contributed by atoms with Gasteiger partial charge in [-0.3, -0.25) is 0 Å². The van der Waals surface area contributed by atoms with Crippen molar-refractivity contribution in [1.82, 2.24) is 19.3 Å². The molecule has 0 aromatic carbocycles. The fourth-order valence-corrected chi connectivity index (χ4v) is 4.72. The van der Waals surface area contributed by atoms with Crippen LogP contribution in [0.2, 0.25) is 0 Å². The van der Waals surface area contributed by atoms with Gasteiger partial charge in [0.2, 0.25) is 0 Å². The van der Waals surface area contributed by atoms with E-state index in [1.807, 2.05) is 13.8 Å². The molecule has 3 N–H and O–H groups in total. The van der Waals surface area contributed by atoms with Crippen molar-refractivity contribution < 1.29 is 8.42 Å². The summed E-state index contributed by atoms with van der Waals surface area (Å²) in [5.41, 5.74) is 3.14. The number of nitrogens with one attached hydrogen (secondary N) is 1. The lowest BCUT2D eigenvalue weighted by atomic mass is 9.92. The van der Waals surface area contributed by atoms with Gasteiger partial charge in [-0.2, -0.15) is 8.42 Å². The summed E-state index contributed by atoms with van der Waals surface area (Å²) in [6.45, 7) is 10.8. The minimum Gasteiger partial charge on any atom is -0.326 e. The summed E-state index contributed by atoms with van der Waals surface area (Å²) in [5, 5.41) is 6.19. The maximum absolute atomic E-state index is 11.2. The molecule has 1 aliphatic carbocycles. The first kappa shape index (κ1) is 18.3. The largest absolute Gasteiger partial charge is 0.326 e. The number of fused-ring (bicyclic) bond motifs is 1. The topological polar surface area (TPSA) is 103 Å². The van der Waals surface area contributed by atoms with Crippen molar-refractivity contribution in [3.05, 3.63) is 23.3 Å². The van der Waals surface area contributed by atoms with Crippen molar-refractivity contribution in [1.29, 1.82) is 0 Å². The van der Waals surface area contributed by atoms with Crippen LogP contribution in [0.1, 0.15) is 43.5 Å². The van der Waals surface area contributed by atoms with Gasteiger partial charge in [0, 0.05) is 23.7 Å². The Morgan fingerprint density at radius 3 is 2.56 bits per heavy atom. The van der Waals surface area contributed by atoms with E-state index in [2.05, 4.69) is 41.1 Å². The number of rotatable bonds is 4. The van der Waals surface area contributed by atoms with E-state index in [1.165, 1.54) is 5.69 Å². The van der Waals surface area contributed by atoms with Gasteiger partial charge in [0.1, 0.15) is 11.5 Å². The maximum atomic E-state index is 11.2. The molecule has 1 fully saturated rings. The van der Waals surface area contributed by atoms with Gasteiger partial charge in [-0.05, 0) is 51.0 Å². The van der Waals surface area contributed by atoms with Crippen LogP contribution >= 0.6 is 0 Å². The number of aromatic nitrogens is 3. The minimum absolute atomic E-state index is 0.249. The molecule has 3 rings (SSSR count). The predicted molar refractivity (Wildman–Crippen MR) is 98.3 cm³/mol. The van der Waals surface area contributed by atoms with E-state index in [-0.39, 0.29) is 12.0 Å². The third-order valence-corrected chi connectivity index (χ3v) is 6.36. The lowest BCUT2D eigenvalue weighted by molar-refractivity contribution is 0.329. The van der Waals surface area contributed by atoms with Crippen LogP contribution in [0, 0.1) is 38.5 Å². The van der Waals surface area contributed by atoms with Crippen molar-refractivity contribution >= 4 is 21.2 Å². The second-order valence-corrected chi connectivity index (χ2v) is 8.80. The normalized spacial score (nSPS) is 27.3. The summed E-state index contributed by atoms with van der Waals surface area (Å²) < 4.78 is 27.2. The lowest BCUT2D eigenvalue weighted by Crippen LogP contribution is -2.35.